The summed E-state index contributed by atoms with van der Waals surface area (Å²) in [5.41, 5.74) is 0. The lowest BCUT2D eigenvalue weighted by Crippen LogP contribution is -2.40. The van der Waals surface area contributed by atoms with E-state index < -0.39 is 24.0 Å². The Morgan fingerprint density at radius 2 is 1.80 bits per heavy atom. The molecule has 0 saturated carbocycles. The molecule has 0 aliphatic carbocycles. The van der Waals surface area contributed by atoms with Gasteiger partial charge in [-0.1, -0.05) is 13.8 Å². The molecule has 0 aromatic heterocycles. The highest BCUT2D eigenvalue weighted by atomic mass is 16.5. The van der Waals surface area contributed by atoms with E-state index in [9.17, 15) is 9.59 Å². The number of carboxylic acids is 1. The van der Waals surface area contributed by atoms with Gasteiger partial charge < -0.3 is 15.2 Å². The van der Waals surface area contributed by atoms with Crippen molar-refractivity contribution < 1.29 is 19.4 Å². The van der Waals surface area contributed by atoms with Gasteiger partial charge in [0.05, 0.1) is 12.5 Å². The molecule has 0 radical (unpaired) electrons. The molecule has 2 atom stereocenters. The number of nitrogens with one attached hydrogen (secondary N) is 1. The zero-order valence-electron chi connectivity index (χ0n) is 9.61. The minimum absolute atomic E-state index is 0.267. The number of hydrogen-bond acceptors (Lipinski definition) is 3. The summed E-state index contributed by atoms with van der Waals surface area (Å²) < 4.78 is 4.86. The predicted molar refractivity (Wildman–Crippen MR) is 55.6 cm³/mol. The molecule has 88 valence electrons. The lowest BCUT2D eigenvalue weighted by molar-refractivity contribution is -0.141. The minimum atomic E-state index is -0.938. The maximum atomic E-state index is 11.2. The number of carbonyl (C=O) groups excluding carboxylic acids is 1. The molecule has 15 heavy (non-hydrogen) atoms. The second kappa shape index (κ2) is 6.27. The fourth-order valence-corrected chi connectivity index (χ4v) is 0.809. The smallest absolute Gasteiger partial charge is 0.407 e. The van der Waals surface area contributed by atoms with Crippen molar-refractivity contribution in [2.24, 2.45) is 11.8 Å². The van der Waals surface area contributed by atoms with Gasteiger partial charge in [0.1, 0.15) is 0 Å². The summed E-state index contributed by atoms with van der Waals surface area (Å²) in [4.78, 5) is 21.8. The number of carbonyl (C=O) groups is 2. The average Bonchev–Trinajstić information content (AvgIpc) is 2.13. The molecule has 5 heteroatoms. The number of ether oxygens (including phenoxy) is 1. The third kappa shape index (κ3) is 5.93. The number of amides is 1. The second-order valence-electron chi connectivity index (χ2n) is 4.05. The van der Waals surface area contributed by atoms with E-state index in [1.807, 2.05) is 13.8 Å². The molecule has 0 aliphatic rings. The van der Waals surface area contributed by atoms with E-state index in [0.29, 0.717) is 6.61 Å². The molecule has 0 heterocycles. The number of rotatable bonds is 5. The predicted octanol–water partition coefficient (Wildman–Crippen LogP) is 1.48. The van der Waals surface area contributed by atoms with Crippen LogP contribution in [0, 0.1) is 11.8 Å². The molecule has 2 N–H and O–H groups in total. The van der Waals surface area contributed by atoms with Crippen molar-refractivity contribution in [3.05, 3.63) is 0 Å². The minimum Gasteiger partial charge on any atom is -0.481 e. The molecule has 0 bridgehead atoms. The van der Waals surface area contributed by atoms with Gasteiger partial charge in [-0.05, 0) is 19.8 Å². The highest BCUT2D eigenvalue weighted by molar-refractivity contribution is 5.73. The molecule has 0 spiro atoms. The van der Waals surface area contributed by atoms with Crippen LogP contribution >= 0.6 is 0 Å². The van der Waals surface area contributed by atoms with E-state index in [-0.39, 0.29) is 5.92 Å². The molecule has 0 fully saturated rings. The van der Waals surface area contributed by atoms with Crippen molar-refractivity contribution in [2.45, 2.75) is 33.7 Å². The van der Waals surface area contributed by atoms with Crippen LogP contribution in [0.1, 0.15) is 27.7 Å². The first kappa shape index (κ1) is 13.7. The van der Waals surface area contributed by atoms with Gasteiger partial charge in [0, 0.05) is 6.04 Å². The second-order valence-corrected chi connectivity index (χ2v) is 4.05. The zero-order chi connectivity index (χ0) is 12.0. The van der Waals surface area contributed by atoms with Gasteiger partial charge in [-0.15, -0.1) is 0 Å². The van der Waals surface area contributed by atoms with Gasteiger partial charge in [-0.3, -0.25) is 4.79 Å². The van der Waals surface area contributed by atoms with Crippen LogP contribution in [0.15, 0.2) is 0 Å². The Hall–Kier alpha value is -1.26. The monoisotopic (exact) mass is 217 g/mol. The van der Waals surface area contributed by atoms with Crippen molar-refractivity contribution in [1.29, 1.82) is 0 Å². The largest absolute Gasteiger partial charge is 0.481 e. The Balaban J connectivity index is 3.91. The molecule has 5 nitrogen and oxygen atoms in total. The molecule has 0 aromatic rings. The lowest BCUT2D eigenvalue weighted by Gasteiger charge is -2.17. The Morgan fingerprint density at radius 3 is 2.20 bits per heavy atom. The van der Waals surface area contributed by atoms with Crippen molar-refractivity contribution in [2.75, 3.05) is 6.61 Å². The maximum Gasteiger partial charge on any atom is 0.407 e. The van der Waals surface area contributed by atoms with Crippen LogP contribution in [0.3, 0.4) is 0 Å². The SMILES string of the molecule is CC(C)COC(=O)NC(C)C(C)C(=O)O. The third-order valence-electron chi connectivity index (χ3n) is 2.03. The van der Waals surface area contributed by atoms with Crippen LogP contribution in [-0.2, 0) is 9.53 Å². The first-order chi connectivity index (χ1) is 6.84. The molecular weight excluding hydrogens is 198 g/mol. The van der Waals surface area contributed by atoms with Crippen LogP contribution < -0.4 is 5.32 Å². The first-order valence-corrected chi connectivity index (χ1v) is 5.00. The van der Waals surface area contributed by atoms with Crippen LogP contribution in [0.5, 0.6) is 0 Å². The molecule has 1 amide bonds. The van der Waals surface area contributed by atoms with Crippen molar-refractivity contribution in [3.8, 4) is 0 Å². The van der Waals surface area contributed by atoms with Gasteiger partial charge in [-0.25, -0.2) is 4.79 Å². The Bertz CT molecular complexity index is 227. The highest BCUT2D eigenvalue weighted by Crippen LogP contribution is 2.02. The molecule has 2 unspecified atom stereocenters. The number of aliphatic carboxylic acids is 1. The molecule has 0 saturated heterocycles. The summed E-state index contributed by atoms with van der Waals surface area (Å²) in [5, 5.41) is 11.2. The summed E-state index contributed by atoms with van der Waals surface area (Å²) in [6.07, 6.45) is -0.565. The normalized spacial score (nSPS) is 14.5. The van der Waals surface area contributed by atoms with Gasteiger partial charge in [0.25, 0.3) is 0 Å². The number of carboxylic acid groups (broad SMARTS) is 1. The van der Waals surface area contributed by atoms with Crippen LogP contribution in [0.25, 0.3) is 0 Å². The molecule has 0 aromatic carbocycles. The summed E-state index contributed by atoms with van der Waals surface area (Å²) in [5.74, 6) is -1.30. The zero-order valence-corrected chi connectivity index (χ0v) is 9.61. The molecule has 0 aliphatic heterocycles. The first-order valence-electron chi connectivity index (χ1n) is 5.00. The van der Waals surface area contributed by atoms with Crippen molar-refractivity contribution in [3.63, 3.8) is 0 Å². The Morgan fingerprint density at radius 1 is 1.27 bits per heavy atom. The van der Waals surface area contributed by atoms with Gasteiger partial charge in [0.2, 0.25) is 0 Å². The van der Waals surface area contributed by atoms with E-state index >= 15 is 0 Å². The standard InChI is InChI=1S/C10H19NO4/c1-6(2)5-15-10(14)11-8(4)7(3)9(12)13/h6-8H,5H2,1-4H3,(H,11,14)(H,12,13). The molecule has 0 rings (SSSR count). The Labute approximate surface area is 89.8 Å². The van der Waals surface area contributed by atoms with E-state index in [0.717, 1.165) is 0 Å². The van der Waals surface area contributed by atoms with Crippen LogP contribution in [0.2, 0.25) is 0 Å². The van der Waals surface area contributed by atoms with Crippen LogP contribution in [-0.4, -0.2) is 29.8 Å². The quantitative estimate of drug-likeness (QED) is 0.731. The van der Waals surface area contributed by atoms with Gasteiger partial charge in [0.15, 0.2) is 0 Å². The van der Waals surface area contributed by atoms with E-state index in [2.05, 4.69) is 5.32 Å². The third-order valence-corrected chi connectivity index (χ3v) is 2.03. The lowest BCUT2D eigenvalue weighted by atomic mass is 10.1. The van der Waals surface area contributed by atoms with Crippen LogP contribution in [0.4, 0.5) is 4.79 Å². The van der Waals surface area contributed by atoms with Crippen molar-refractivity contribution >= 4 is 12.1 Å². The Kier molecular flexibility index (Phi) is 5.74. The average molecular weight is 217 g/mol. The summed E-state index contributed by atoms with van der Waals surface area (Å²) in [6, 6.07) is -0.442. The topological polar surface area (TPSA) is 75.6 Å². The van der Waals surface area contributed by atoms with E-state index in [1.165, 1.54) is 6.92 Å². The highest BCUT2D eigenvalue weighted by Gasteiger charge is 2.21. The molecular formula is C10H19NO4. The summed E-state index contributed by atoms with van der Waals surface area (Å²) in [7, 11) is 0. The fraction of sp³-hybridized carbons (Fsp3) is 0.800. The van der Waals surface area contributed by atoms with E-state index in [1.54, 1.807) is 6.92 Å². The number of hydrogen-bond donors (Lipinski definition) is 2. The maximum absolute atomic E-state index is 11.2. The summed E-state index contributed by atoms with van der Waals surface area (Å²) in [6.45, 7) is 7.36. The van der Waals surface area contributed by atoms with E-state index in [4.69, 9.17) is 9.84 Å². The van der Waals surface area contributed by atoms with Crippen molar-refractivity contribution in [1.82, 2.24) is 5.32 Å². The number of alkyl carbamates (subject to hydrolysis) is 1. The fourth-order valence-electron chi connectivity index (χ4n) is 0.809. The summed E-state index contributed by atoms with van der Waals surface area (Å²) >= 11 is 0. The van der Waals surface area contributed by atoms with Gasteiger partial charge >= 0.3 is 12.1 Å². The van der Waals surface area contributed by atoms with Gasteiger partial charge in [-0.2, -0.15) is 0 Å².